The summed E-state index contributed by atoms with van der Waals surface area (Å²) in [6.45, 7) is 7.27. The molecule has 0 aromatic heterocycles. The average molecular weight is 321 g/mol. The van der Waals surface area contributed by atoms with Gasteiger partial charge in [-0.3, -0.25) is 0 Å². The van der Waals surface area contributed by atoms with Crippen LogP contribution in [0.2, 0.25) is 0 Å². The van der Waals surface area contributed by atoms with Gasteiger partial charge in [0.25, 0.3) is 0 Å². The normalized spacial score (nSPS) is 35.3. The summed E-state index contributed by atoms with van der Waals surface area (Å²) in [5.74, 6) is 3.26. The van der Waals surface area contributed by atoms with Crippen molar-refractivity contribution in [1.82, 2.24) is 0 Å². The zero-order valence-electron chi connectivity index (χ0n) is 16.5. The van der Waals surface area contributed by atoms with Crippen LogP contribution in [0.3, 0.4) is 0 Å². The third-order valence-corrected chi connectivity index (χ3v) is 7.38. The van der Waals surface area contributed by atoms with Gasteiger partial charge in [0.05, 0.1) is 0 Å². The Hall–Kier alpha value is 0. The van der Waals surface area contributed by atoms with E-state index < -0.39 is 0 Å². The first kappa shape index (κ1) is 19.3. The second-order valence-corrected chi connectivity index (χ2v) is 9.38. The fraction of sp³-hybridized carbons (Fsp3) is 1.00. The molecule has 0 atom stereocenters. The number of unbranched alkanes of at least 4 members (excludes halogenated alkanes) is 4. The van der Waals surface area contributed by atoms with Crippen molar-refractivity contribution in [2.45, 2.75) is 124 Å². The van der Waals surface area contributed by atoms with E-state index in [0.29, 0.717) is 5.41 Å². The largest absolute Gasteiger partial charge is 0.0654 e. The summed E-state index contributed by atoms with van der Waals surface area (Å²) in [6.07, 6.45) is 24.0. The Bertz CT molecular complexity index is 289. The Morgan fingerprint density at radius 1 is 0.696 bits per heavy atom. The zero-order chi connectivity index (χ0) is 16.5. The second-order valence-electron chi connectivity index (χ2n) is 9.38. The minimum atomic E-state index is 0.697. The first-order valence-electron chi connectivity index (χ1n) is 11.2. The van der Waals surface area contributed by atoms with Gasteiger partial charge in [-0.15, -0.1) is 0 Å². The van der Waals surface area contributed by atoms with E-state index in [1.165, 1.54) is 64.2 Å². The van der Waals surface area contributed by atoms with Crippen LogP contribution in [0.1, 0.15) is 124 Å². The van der Waals surface area contributed by atoms with Crippen molar-refractivity contribution in [2.24, 2.45) is 23.2 Å². The molecule has 0 heteroatoms. The van der Waals surface area contributed by atoms with Gasteiger partial charge in [-0.1, -0.05) is 78.6 Å². The van der Waals surface area contributed by atoms with Gasteiger partial charge in [-0.25, -0.2) is 0 Å². The smallest absolute Gasteiger partial charge is 0.0326 e. The quantitative estimate of drug-likeness (QED) is 0.376. The molecule has 0 radical (unpaired) electrons. The number of rotatable bonds is 9. The van der Waals surface area contributed by atoms with E-state index in [0.717, 1.165) is 17.8 Å². The summed E-state index contributed by atoms with van der Waals surface area (Å²) >= 11 is 0. The third kappa shape index (κ3) is 6.43. The standard InChI is InChI=1S/C23H44/c1-4-6-7-8-9-17-23(3)18-15-22(16-19-23)21-13-11-20(10-5-2)12-14-21/h20-22H,4-19H2,1-3H3. The van der Waals surface area contributed by atoms with Gasteiger partial charge in [0.1, 0.15) is 0 Å². The molecule has 0 N–H and O–H groups in total. The van der Waals surface area contributed by atoms with Crippen LogP contribution in [0.4, 0.5) is 0 Å². The van der Waals surface area contributed by atoms with Crippen LogP contribution in [-0.4, -0.2) is 0 Å². The predicted octanol–water partition coefficient (Wildman–Crippen LogP) is 8.15. The van der Waals surface area contributed by atoms with Crippen molar-refractivity contribution in [2.75, 3.05) is 0 Å². The first-order valence-corrected chi connectivity index (χ1v) is 11.2. The van der Waals surface area contributed by atoms with Gasteiger partial charge in [0.15, 0.2) is 0 Å². The lowest BCUT2D eigenvalue weighted by Crippen LogP contribution is -2.30. The Morgan fingerprint density at radius 3 is 1.91 bits per heavy atom. The van der Waals surface area contributed by atoms with Crippen molar-refractivity contribution in [3.8, 4) is 0 Å². The molecule has 0 unspecified atom stereocenters. The van der Waals surface area contributed by atoms with Crippen LogP contribution in [-0.2, 0) is 0 Å². The lowest BCUT2D eigenvalue weighted by atomic mass is 9.63. The van der Waals surface area contributed by atoms with E-state index >= 15 is 0 Å². The Balaban J connectivity index is 1.63. The topological polar surface area (TPSA) is 0 Å². The van der Waals surface area contributed by atoms with E-state index in [1.807, 2.05) is 0 Å². The Labute approximate surface area is 147 Å². The van der Waals surface area contributed by atoms with Crippen LogP contribution >= 0.6 is 0 Å². The molecule has 0 saturated heterocycles. The third-order valence-electron chi connectivity index (χ3n) is 7.38. The SMILES string of the molecule is CCCCCCCC1(C)CCC(C2CCC(CCC)CC2)CC1. The van der Waals surface area contributed by atoms with Gasteiger partial charge >= 0.3 is 0 Å². The molecule has 2 saturated carbocycles. The van der Waals surface area contributed by atoms with Crippen molar-refractivity contribution < 1.29 is 0 Å². The maximum atomic E-state index is 2.60. The molecule has 0 spiro atoms. The van der Waals surface area contributed by atoms with Gasteiger partial charge in [-0.05, 0) is 68.1 Å². The van der Waals surface area contributed by atoms with E-state index in [9.17, 15) is 0 Å². The van der Waals surface area contributed by atoms with Crippen molar-refractivity contribution in [1.29, 1.82) is 0 Å². The van der Waals surface area contributed by atoms with Crippen LogP contribution in [0.15, 0.2) is 0 Å². The highest BCUT2D eigenvalue weighted by molar-refractivity contribution is 4.86. The van der Waals surface area contributed by atoms with Crippen molar-refractivity contribution in [3.05, 3.63) is 0 Å². The molecule has 0 aromatic carbocycles. The molecule has 136 valence electrons. The molecule has 2 fully saturated rings. The summed E-state index contributed by atoms with van der Waals surface area (Å²) in [5.41, 5.74) is 0.697. The van der Waals surface area contributed by atoms with Crippen LogP contribution in [0.5, 0.6) is 0 Å². The molecule has 2 aliphatic carbocycles. The van der Waals surface area contributed by atoms with Crippen LogP contribution in [0.25, 0.3) is 0 Å². The van der Waals surface area contributed by atoms with E-state index in [1.54, 1.807) is 38.5 Å². The summed E-state index contributed by atoms with van der Waals surface area (Å²) in [4.78, 5) is 0. The first-order chi connectivity index (χ1) is 11.2. The maximum absolute atomic E-state index is 2.60. The summed E-state index contributed by atoms with van der Waals surface area (Å²) in [5, 5.41) is 0. The zero-order valence-corrected chi connectivity index (χ0v) is 16.5. The van der Waals surface area contributed by atoms with Gasteiger partial charge in [0, 0.05) is 0 Å². The second kappa shape index (κ2) is 10.1. The molecular weight excluding hydrogens is 276 g/mol. The highest BCUT2D eigenvalue weighted by Gasteiger charge is 2.35. The molecule has 0 aromatic rings. The summed E-state index contributed by atoms with van der Waals surface area (Å²) in [7, 11) is 0. The minimum absolute atomic E-state index is 0.697. The molecule has 0 amide bonds. The molecular formula is C23H44. The Morgan fingerprint density at radius 2 is 1.30 bits per heavy atom. The molecule has 0 heterocycles. The molecule has 0 aliphatic heterocycles. The maximum Gasteiger partial charge on any atom is -0.0326 e. The monoisotopic (exact) mass is 320 g/mol. The van der Waals surface area contributed by atoms with Crippen molar-refractivity contribution in [3.63, 3.8) is 0 Å². The highest BCUT2D eigenvalue weighted by atomic mass is 14.4. The van der Waals surface area contributed by atoms with Gasteiger partial charge < -0.3 is 0 Å². The van der Waals surface area contributed by atoms with E-state index in [2.05, 4.69) is 20.8 Å². The molecule has 2 aliphatic rings. The van der Waals surface area contributed by atoms with Gasteiger partial charge in [-0.2, -0.15) is 0 Å². The lowest BCUT2D eigenvalue weighted by molar-refractivity contribution is 0.0951. The number of hydrogen-bond acceptors (Lipinski definition) is 0. The number of hydrogen-bond donors (Lipinski definition) is 0. The lowest BCUT2D eigenvalue weighted by Gasteiger charge is -2.42. The fourth-order valence-corrected chi connectivity index (χ4v) is 5.57. The van der Waals surface area contributed by atoms with E-state index in [4.69, 9.17) is 0 Å². The molecule has 0 nitrogen and oxygen atoms in total. The van der Waals surface area contributed by atoms with E-state index in [-0.39, 0.29) is 0 Å². The predicted molar refractivity (Wildman–Crippen MR) is 104 cm³/mol. The van der Waals surface area contributed by atoms with Crippen molar-refractivity contribution >= 4 is 0 Å². The molecule has 23 heavy (non-hydrogen) atoms. The Kier molecular flexibility index (Phi) is 8.48. The van der Waals surface area contributed by atoms with Gasteiger partial charge in [0.2, 0.25) is 0 Å². The summed E-state index contributed by atoms with van der Waals surface area (Å²) in [6, 6.07) is 0. The van der Waals surface area contributed by atoms with Crippen LogP contribution in [0, 0.1) is 23.2 Å². The summed E-state index contributed by atoms with van der Waals surface area (Å²) < 4.78 is 0. The molecule has 2 rings (SSSR count). The fourth-order valence-electron chi connectivity index (χ4n) is 5.57. The average Bonchev–Trinajstić information content (AvgIpc) is 2.57. The highest BCUT2D eigenvalue weighted by Crippen LogP contribution is 2.47. The molecule has 0 bridgehead atoms. The van der Waals surface area contributed by atoms with Crippen LogP contribution < -0.4 is 0 Å². The minimum Gasteiger partial charge on any atom is -0.0654 e.